The maximum atomic E-state index is 5.97. The first-order chi connectivity index (χ1) is 17.5. The molecule has 2 aromatic carbocycles. The number of rotatable bonds is 11. The number of nitrogens with one attached hydrogen (secondary N) is 2. The van der Waals surface area contributed by atoms with E-state index in [9.17, 15) is 0 Å². The molecule has 1 aliphatic carbocycles. The molecule has 36 heavy (non-hydrogen) atoms. The van der Waals surface area contributed by atoms with Crippen molar-refractivity contribution in [3.8, 4) is 11.5 Å². The maximum Gasteiger partial charge on any atom is 0.225 e. The van der Waals surface area contributed by atoms with Crippen molar-refractivity contribution in [2.75, 3.05) is 44.1 Å². The van der Waals surface area contributed by atoms with Crippen molar-refractivity contribution in [2.45, 2.75) is 59.0 Å². The molecule has 0 amide bonds. The molecule has 0 spiro atoms. The van der Waals surface area contributed by atoms with Crippen LogP contribution >= 0.6 is 0 Å². The van der Waals surface area contributed by atoms with Crippen LogP contribution < -0.4 is 25.0 Å². The van der Waals surface area contributed by atoms with Gasteiger partial charge in [-0.05, 0) is 77.1 Å². The molecular weight excluding hydrogens is 450 g/mol. The van der Waals surface area contributed by atoms with Gasteiger partial charge < -0.3 is 25.0 Å². The minimum Gasteiger partial charge on any atom is -0.493 e. The number of aromatic nitrogens is 2. The van der Waals surface area contributed by atoms with Crippen molar-refractivity contribution >= 4 is 22.7 Å². The Hall–Kier alpha value is -3.06. The van der Waals surface area contributed by atoms with Crippen LogP contribution in [0.25, 0.3) is 10.9 Å². The molecule has 1 fully saturated rings. The van der Waals surface area contributed by atoms with Gasteiger partial charge >= 0.3 is 0 Å². The van der Waals surface area contributed by atoms with E-state index in [0.29, 0.717) is 25.2 Å². The summed E-state index contributed by atoms with van der Waals surface area (Å²) in [5.41, 5.74) is 3.25. The van der Waals surface area contributed by atoms with Crippen LogP contribution in [0.15, 0.2) is 36.4 Å². The molecule has 0 unspecified atom stereocenters. The maximum absolute atomic E-state index is 5.97. The van der Waals surface area contributed by atoms with Crippen molar-refractivity contribution in [1.29, 1.82) is 0 Å². The van der Waals surface area contributed by atoms with Crippen molar-refractivity contribution in [3.05, 3.63) is 47.5 Å². The molecule has 0 atom stereocenters. The normalized spacial score (nSPS) is 17.7. The molecule has 7 nitrogen and oxygen atoms in total. The van der Waals surface area contributed by atoms with Gasteiger partial charge in [0.2, 0.25) is 5.95 Å². The second-order valence-corrected chi connectivity index (χ2v) is 9.82. The number of ether oxygens (including phenoxy) is 2. The molecule has 1 aliphatic rings. The van der Waals surface area contributed by atoms with Crippen molar-refractivity contribution < 1.29 is 9.47 Å². The lowest BCUT2D eigenvalue weighted by Crippen LogP contribution is -2.31. The number of benzene rings is 2. The van der Waals surface area contributed by atoms with Gasteiger partial charge in [-0.1, -0.05) is 18.2 Å². The average molecular weight is 492 g/mol. The van der Waals surface area contributed by atoms with Gasteiger partial charge in [0, 0.05) is 43.2 Å². The van der Waals surface area contributed by atoms with Gasteiger partial charge in [0.15, 0.2) is 0 Å². The third-order valence-corrected chi connectivity index (χ3v) is 6.96. The Balaban J connectivity index is 1.30. The molecule has 1 saturated carbocycles. The average Bonchev–Trinajstić information content (AvgIpc) is 2.88. The Morgan fingerprint density at radius 3 is 2.42 bits per heavy atom. The van der Waals surface area contributed by atoms with Crippen molar-refractivity contribution in [3.63, 3.8) is 0 Å². The van der Waals surface area contributed by atoms with E-state index in [0.717, 1.165) is 65.7 Å². The molecule has 1 aromatic heterocycles. The van der Waals surface area contributed by atoms with E-state index in [1.807, 2.05) is 40.1 Å². The number of para-hydroxylation sites is 1. The second kappa shape index (κ2) is 12.3. The van der Waals surface area contributed by atoms with E-state index in [4.69, 9.17) is 19.4 Å². The molecule has 0 bridgehead atoms. The third-order valence-electron chi connectivity index (χ3n) is 6.96. The van der Waals surface area contributed by atoms with Gasteiger partial charge in [0.1, 0.15) is 17.3 Å². The van der Waals surface area contributed by atoms with Gasteiger partial charge in [-0.15, -0.1) is 0 Å². The van der Waals surface area contributed by atoms with E-state index in [1.165, 1.54) is 18.4 Å². The Kier molecular flexibility index (Phi) is 8.86. The van der Waals surface area contributed by atoms with Crippen LogP contribution in [-0.4, -0.2) is 49.9 Å². The lowest BCUT2D eigenvalue weighted by atomic mass is 9.86. The van der Waals surface area contributed by atoms with E-state index in [2.05, 4.69) is 46.7 Å². The SMILES string of the molecule is CCOc1ccc(CNC[C@H]2CC[C@@H](Nc3nc(N(C)C)c4ccccc4n3)CC2)c(OCC)c1C. The predicted molar refractivity (Wildman–Crippen MR) is 148 cm³/mol. The largest absolute Gasteiger partial charge is 0.493 e. The summed E-state index contributed by atoms with van der Waals surface area (Å²) < 4.78 is 11.7. The van der Waals surface area contributed by atoms with Crippen LogP contribution in [0, 0.1) is 12.8 Å². The summed E-state index contributed by atoms with van der Waals surface area (Å²) in [5.74, 6) is 4.22. The highest BCUT2D eigenvalue weighted by molar-refractivity contribution is 5.90. The fourth-order valence-corrected chi connectivity index (χ4v) is 5.10. The molecule has 194 valence electrons. The summed E-state index contributed by atoms with van der Waals surface area (Å²) in [6.07, 6.45) is 4.65. The molecule has 4 rings (SSSR count). The first-order valence-corrected chi connectivity index (χ1v) is 13.3. The molecular formula is C29H41N5O2. The first-order valence-electron chi connectivity index (χ1n) is 13.3. The van der Waals surface area contributed by atoms with Crippen molar-refractivity contribution in [1.82, 2.24) is 15.3 Å². The van der Waals surface area contributed by atoms with Gasteiger partial charge in [0.05, 0.1) is 18.7 Å². The molecule has 0 radical (unpaired) electrons. The second-order valence-electron chi connectivity index (χ2n) is 9.82. The third kappa shape index (κ3) is 6.19. The van der Waals surface area contributed by atoms with Gasteiger partial charge in [-0.2, -0.15) is 4.98 Å². The van der Waals surface area contributed by atoms with E-state index < -0.39 is 0 Å². The van der Waals surface area contributed by atoms with E-state index >= 15 is 0 Å². The quantitative estimate of drug-likeness (QED) is 0.364. The van der Waals surface area contributed by atoms with Crippen molar-refractivity contribution in [2.24, 2.45) is 5.92 Å². The van der Waals surface area contributed by atoms with Gasteiger partial charge in [0.25, 0.3) is 0 Å². The Labute approximate surface area is 215 Å². The molecule has 0 aliphatic heterocycles. The first kappa shape index (κ1) is 26.0. The van der Waals surface area contributed by atoms with Gasteiger partial charge in [-0.3, -0.25) is 0 Å². The summed E-state index contributed by atoms with van der Waals surface area (Å²) in [5, 5.41) is 8.38. The van der Waals surface area contributed by atoms with Gasteiger partial charge in [-0.25, -0.2) is 4.98 Å². The molecule has 1 heterocycles. The predicted octanol–water partition coefficient (Wildman–Crippen LogP) is 5.56. The number of hydrogen-bond donors (Lipinski definition) is 2. The topological polar surface area (TPSA) is 71.5 Å². The fraction of sp³-hybridized carbons (Fsp3) is 0.517. The number of fused-ring (bicyclic) bond motifs is 1. The molecule has 3 aromatic rings. The van der Waals surface area contributed by atoms with E-state index in [1.54, 1.807) is 0 Å². The zero-order valence-corrected chi connectivity index (χ0v) is 22.4. The van der Waals surface area contributed by atoms with Crippen LogP contribution in [0.2, 0.25) is 0 Å². The number of hydrogen-bond acceptors (Lipinski definition) is 7. The lowest BCUT2D eigenvalue weighted by Gasteiger charge is -2.29. The summed E-state index contributed by atoms with van der Waals surface area (Å²) in [4.78, 5) is 11.7. The zero-order valence-electron chi connectivity index (χ0n) is 22.4. The summed E-state index contributed by atoms with van der Waals surface area (Å²) in [6, 6.07) is 12.8. The Morgan fingerprint density at radius 2 is 1.69 bits per heavy atom. The Bertz CT molecular complexity index is 1140. The summed E-state index contributed by atoms with van der Waals surface area (Å²) in [7, 11) is 4.06. The van der Waals surface area contributed by atoms with Crippen LogP contribution in [0.4, 0.5) is 11.8 Å². The summed E-state index contributed by atoms with van der Waals surface area (Å²) >= 11 is 0. The zero-order chi connectivity index (χ0) is 25.5. The monoisotopic (exact) mass is 491 g/mol. The smallest absolute Gasteiger partial charge is 0.225 e. The standard InChI is InChI=1S/C29H41N5O2/c1-6-35-26-17-14-22(27(20(26)3)36-7-2)19-30-18-21-12-15-23(16-13-21)31-29-32-25-11-9-8-10-24(25)28(33-29)34(4)5/h8-11,14,17,21,23,30H,6-7,12-13,15-16,18-19H2,1-5H3,(H,31,32,33)/t21-,23+. The molecule has 7 heteroatoms. The van der Waals surface area contributed by atoms with Crippen LogP contribution in [-0.2, 0) is 6.54 Å². The summed E-state index contributed by atoms with van der Waals surface area (Å²) in [6.45, 7) is 9.24. The fourth-order valence-electron chi connectivity index (χ4n) is 5.10. The number of nitrogens with zero attached hydrogens (tertiary/aromatic N) is 3. The number of anilines is 2. The Morgan fingerprint density at radius 1 is 0.944 bits per heavy atom. The highest BCUT2D eigenvalue weighted by Gasteiger charge is 2.22. The van der Waals surface area contributed by atoms with Crippen LogP contribution in [0.1, 0.15) is 50.7 Å². The highest BCUT2D eigenvalue weighted by atomic mass is 16.5. The highest BCUT2D eigenvalue weighted by Crippen LogP contribution is 2.32. The minimum absolute atomic E-state index is 0.413. The van der Waals surface area contributed by atoms with E-state index in [-0.39, 0.29) is 0 Å². The molecule has 0 saturated heterocycles. The van der Waals surface area contributed by atoms with Crippen LogP contribution in [0.5, 0.6) is 11.5 Å². The minimum atomic E-state index is 0.413. The molecule has 2 N–H and O–H groups in total. The lowest BCUT2D eigenvalue weighted by molar-refractivity contribution is 0.311. The van der Waals surface area contributed by atoms with Crippen LogP contribution in [0.3, 0.4) is 0 Å².